The Morgan fingerprint density at radius 3 is 2.82 bits per heavy atom. The molecule has 0 atom stereocenters. The average molecular weight is 288 g/mol. The van der Waals surface area contributed by atoms with Crippen molar-refractivity contribution in [2.24, 2.45) is 0 Å². The molecule has 0 aliphatic heterocycles. The van der Waals surface area contributed by atoms with Gasteiger partial charge in [-0.3, -0.25) is 0 Å². The van der Waals surface area contributed by atoms with Crippen LogP contribution in [0.15, 0.2) is 0 Å². The van der Waals surface area contributed by atoms with Gasteiger partial charge in [0, 0.05) is 0 Å². The van der Waals surface area contributed by atoms with E-state index in [9.17, 15) is 4.79 Å². The van der Waals surface area contributed by atoms with E-state index in [1.54, 1.807) is 0 Å². The van der Waals surface area contributed by atoms with E-state index in [2.05, 4.69) is 15.6 Å². The molecule has 1 N–H and O–H groups in total. The molecular formula is C6H10O3Se2. The molecule has 3 nitrogen and oxygen atoms in total. The molecule has 0 saturated heterocycles. The molecule has 0 amide bonds. The number of carbonyl (C=O) groups is 1. The first-order chi connectivity index (χ1) is 5.16. The Morgan fingerprint density at radius 1 is 1.73 bits per heavy atom. The second-order valence-corrected chi connectivity index (χ2v) is 5.86. The molecule has 0 saturated carbocycles. The van der Waals surface area contributed by atoms with Gasteiger partial charge < -0.3 is 0 Å². The summed E-state index contributed by atoms with van der Waals surface area (Å²) in [6.45, 7) is 2.68. The van der Waals surface area contributed by atoms with Crippen LogP contribution in [-0.2, 0) is 9.53 Å². The summed E-state index contributed by atoms with van der Waals surface area (Å²) in [5.74, 6) is -0.766. The van der Waals surface area contributed by atoms with E-state index in [0.717, 1.165) is 9.92 Å². The number of carboxylic acids is 1. The van der Waals surface area contributed by atoms with Gasteiger partial charge in [-0.15, -0.1) is 0 Å². The van der Waals surface area contributed by atoms with Crippen LogP contribution in [0.2, 0.25) is 5.32 Å². The van der Waals surface area contributed by atoms with Gasteiger partial charge in [-0.1, -0.05) is 0 Å². The van der Waals surface area contributed by atoms with Gasteiger partial charge in [0.05, 0.1) is 0 Å². The predicted octanol–water partition coefficient (Wildman–Crippen LogP) is -0.124. The minimum absolute atomic E-state index is 0.0546. The van der Waals surface area contributed by atoms with E-state index in [4.69, 9.17) is 9.84 Å². The van der Waals surface area contributed by atoms with Crippen molar-refractivity contribution in [1.29, 1.82) is 0 Å². The predicted molar refractivity (Wildman–Crippen MR) is 45.2 cm³/mol. The molecule has 0 fully saturated rings. The van der Waals surface area contributed by atoms with Crippen molar-refractivity contribution in [3.05, 3.63) is 0 Å². The van der Waals surface area contributed by atoms with Crippen LogP contribution < -0.4 is 0 Å². The number of carboxylic acid groups (broad SMARTS) is 1. The van der Waals surface area contributed by atoms with Crippen molar-refractivity contribution >= 4 is 40.0 Å². The Morgan fingerprint density at radius 2 is 2.36 bits per heavy atom. The summed E-state index contributed by atoms with van der Waals surface area (Å²) in [6, 6.07) is 0. The van der Waals surface area contributed by atoms with Crippen molar-refractivity contribution < 1.29 is 14.6 Å². The minimum atomic E-state index is -0.766. The molecule has 0 rings (SSSR count). The van der Waals surface area contributed by atoms with E-state index in [1.165, 1.54) is 0 Å². The van der Waals surface area contributed by atoms with Gasteiger partial charge >= 0.3 is 79.9 Å². The molecule has 0 aliphatic carbocycles. The first kappa shape index (κ1) is 11.2. The van der Waals surface area contributed by atoms with Crippen molar-refractivity contribution in [3.8, 4) is 0 Å². The number of hydrogen-bond acceptors (Lipinski definition) is 2. The molecule has 64 valence electrons. The number of aliphatic carboxylic acids is 1. The molecule has 0 aliphatic rings. The third kappa shape index (κ3) is 8.08. The monoisotopic (exact) mass is 290 g/mol. The summed E-state index contributed by atoms with van der Waals surface area (Å²) in [7, 11) is 0. The van der Waals surface area contributed by atoms with E-state index < -0.39 is 5.97 Å². The Labute approximate surface area is 80.0 Å². The van der Waals surface area contributed by atoms with E-state index in [0.29, 0.717) is 6.61 Å². The molecule has 11 heavy (non-hydrogen) atoms. The van der Waals surface area contributed by atoms with Crippen LogP contribution in [0.4, 0.5) is 0 Å². The zero-order valence-corrected chi connectivity index (χ0v) is 9.63. The third-order valence-corrected chi connectivity index (χ3v) is 3.83. The molecular weight excluding hydrogens is 278 g/mol. The topological polar surface area (TPSA) is 46.5 Å². The van der Waals surface area contributed by atoms with Gasteiger partial charge in [0.15, 0.2) is 0 Å². The normalized spacial score (nSPS) is 9.18. The second kappa shape index (κ2) is 6.86. The molecule has 5 heteroatoms. The quantitative estimate of drug-likeness (QED) is 0.693. The summed E-state index contributed by atoms with van der Waals surface area (Å²) >= 11 is 2.67. The summed E-state index contributed by atoms with van der Waals surface area (Å²) in [5.41, 5.74) is 0. The first-order valence-corrected chi connectivity index (χ1v) is 6.10. The van der Waals surface area contributed by atoms with Crippen molar-refractivity contribution in [2.45, 2.75) is 18.7 Å². The number of hydrogen-bond donors (Lipinski definition) is 1. The summed E-state index contributed by atoms with van der Waals surface area (Å²) < 4.78 is 5.92. The van der Waals surface area contributed by atoms with Gasteiger partial charge in [-0.2, -0.15) is 0 Å². The third-order valence-electron chi connectivity index (χ3n) is 0.738. The van der Waals surface area contributed by atoms with Crippen molar-refractivity contribution in [2.75, 3.05) is 6.61 Å². The molecule has 0 unspecified atom stereocenters. The first-order valence-electron chi connectivity index (χ1n) is 3.18. The zero-order chi connectivity index (χ0) is 8.69. The van der Waals surface area contributed by atoms with Crippen LogP contribution in [0.5, 0.6) is 0 Å². The Balaban J connectivity index is 3.30. The average Bonchev–Trinajstić information content (AvgIpc) is 1.97. The molecule has 0 radical (unpaired) electrons. The Hall–Kier alpha value is 0.179. The maximum absolute atomic E-state index is 10.1. The number of ether oxygens (including phenoxy) is 1. The molecule has 0 aromatic heterocycles. The second-order valence-electron chi connectivity index (χ2n) is 1.78. The van der Waals surface area contributed by atoms with Crippen LogP contribution in [0.1, 0.15) is 13.3 Å². The van der Waals surface area contributed by atoms with E-state index in [1.807, 2.05) is 6.92 Å². The summed E-state index contributed by atoms with van der Waals surface area (Å²) in [5, 5.41) is 8.51. The SMILES string of the molecule is CCCOC(=[Se])[Se]CC(=O)O. The van der Waals surface area contributed by atoms with Crippen LogP contribution >= 0.6 is 0 Å². The zero-order valence-electron chi connectivity index (χ0n) is 6.20. The fourth-order valence-electron chi connectivity index (χ4n) is 0.348. The molecule has 0 aromatic rings. The van der Waals surface area contributed by atoms with Gasteiger partial charge in [-0.25, -0.2) is 0 Å². The van der Waals surface area contributed by atoms with Crippen LogP contribution in [-0.4, -0.2) is 51.7 Å². The Kier molecular flexibility index (Phi) is 6.97. The summed E-state index contributed by atoms with van der Waals surface area (Å²) in [6.07, 6.45) is 0.953. The maximum atomic E-state index is 10.1. The van der Waals surface area contributed by atoms with E-state index >= 15 is 0 Å². The fourth-order valence-corrected chi connectivity index (χ4v) is 2.02. The van der Waals surface area contributed by atoms with Crippen molar-refractivity contribution in [1.82, 2.24) is 0 Å². The van der Waals surface area contributed by atoms with E-state index in [-0.39, 0.29) is 20.3 Å². The molecule has 0 heterocycles. The van der Waals surface area contributed by atoms with Gasteiger partial charge in [0.25, 0.3) is 0 Å². The fraction of sp³-hybridized carbons (Fsp3) is 0.667. The van der Waals surface area contributed by atoms with Crippen LogP contribution in [0, 0.1) is 0 Å². The molecule has 0 aromatic carbocycles. The standard InChI is InChI=1S/C6H10O3Se2/c1-2-3-9-6(10)11-4-5(7)8/h2-4H2,1H3,(H,7,8). The molecule has 0 spiro atoms. The van der Waals surface area contributed by atoms with Gasteiger partial charge in [-0.05, 0) is 0 Å². The number of rotatable bonds is 6. The Bertz CT molecular complexity index is 147. The summed E-state index contributed by atoms with van der Waals surface area (Å²) in [4.78, 5) is 10.1. The van der Waals surface area contributed by atoms with Crippen LogP contribution in [0.25, 0.3) is 0 Å². The van der Waals surface area contributed by atoms with Crippen LogP contribution in [0.3, 0.4) is 0 Å². The van der Waals surface area contributed by atoms with Crippen molar-refractivity contribution in [3.63, 3.8) is 0 Å². The molecule has 0 bridgehead atoms. The van der Waals surface area contributed by atoms with Gasteiger partial charge in [0.1, 0.15) is 0 Å². The van der Waals surface area contributed by atoms with Gasteiger partial charge in [0.2, 0.25) is 0 Å².